The van der Waals surface area contributed by atoms with Crippen molar-refractivity contribution in [2.45, 2.75) is 36.9 Å². The molecule has 1 atom stereocenters. The minimum absolute atomic E-state index is 0. The van der Waals surface area contributed by atoms with Crippen molar-refractivity contribution in [2.24, 2.45) is 0 Å². The van der Waals surface area contributed by atoms with Crippen molar-refractivity contribution in [3.8, 4) is 0 Å². The van der Waals surface area contributed by atoms with Crippen LogP contribution in [0.4, 0.5) is 28.8 Å². The quantitative estimate of drug-likeness (QED) is 0.0403. The second-order valence-electron chi connectivity index (χ2n) is 6.96. The maximum atomic E-state index is 12.0. The molecule has 0 bridgehead atoms. The summed E-state index contributed by atoms with van der Waals surface area (Å²) in [6.07, 6.45) is -18.6. The van der Waals surface area contributed by atoms with Crippen molar-refractivity contribution >= 4 is 316 Å². The van der Waals surface area contributed by atoms with Crippen molar-refractivity contribution in [3.63, 3.8) is 0 Å². The summed E-state index contributed by atoms with van der Waals surface area (Å²) in [5, 5.41) is 82.7. The van der Waals surface area contributed by atoms with E-state index in [0.29, 0.717) is 0 Å². The van der Waals surface area contributed by atoms with Gasteiger partial charge in [0.05, 0.1) is 25.7 Å². The molecule has 0 radical (unpaired) electrons. The molecule has 51 heavy (non-hydrogen) atoms. The van der Waals surface area contributed by atoms with Gasteiger partial charge < -0.3 is 74.7 Å². The number of carbonyl (C=O) groups is 12. The molecule has 0 aromatic heterocycles. The predicted octanol–water partition coefficient (Wildman–Crippen LogP) is -4.92. The molecule has 33 heteroatoms. The second-order valence-corrected chi connectivity index (χ2v) is 6.96. The van der Waals surface area contributed by atoms with Crippen LogP contribution in [0.2, 0.25) is 0 Å². The monoisotopic (exact) mass is 858 g/mol. The number of aliphatic hydroxyl groups is 1. The Morgan fingerprint density at radius 1 is 0.431 bits per heavy atom. The third-order valence-corrected chi connectivity index (χ3v) is 3.58. The van der Waals surface area contributed by atoms with Crippen LogP contribution in [-0.4, -0.2) is 378 Å². The predicted molar refractivity (Wildman–Crippen MR) is 161 cm³/mol. The normalized spacial score (nSPS) is 9.67. The van der Waals surface area contributed by atoms with Crippen LogP contribution >= 0.6 is 0 Å². The number of rotatable bonds is 11. The molecule has 264 valence electrons. The summed E-state index contributed by atoms with van der Waals surface area (Å²) >= 11 is 0. The average Bonchev–Trinajstić information content (AvgIpc) is 2.75. The first-order valence-corrected chi connectivity index (χ1v) is 10.1. The first kappa shape index (κ1) is 73.2. The first-order valence-electron chi connectivity index (χ1n) is 10.1. The fraction of sp³-hybridized carbons (Fsp3) is 0.333. The van der Waals surface area contributed by atoms with E-state index in [2.05, 4.69) is 23.7 Å². The van der Waals surface area contributed by atoms with Gasteiger partial charge in [-0.25, -0.2) is 38.4 Å². The number of ether oxygens (including phenoxy) is 5. The molecular weight excluding hydrogens is 834 g/mol. The molecule has 0 aromatic rings. The molecule has 0 aliphatic heterocycles. The summed E-state index contributed by atoms with van der Waals surface area (Å²) in [5.74, 6) is -12.2. The molecule has 0 aromatic carbocycles. The molecule has 0 rings (SSSR count). The van der Waals surface area contributed by atoms with Crippen molar-refractivity contribution in [2.75, 3.05) is 0 Å². The topological polar surface area (TPSA) is 453 Å². The van der Waals surface area contributed by atoms with E-state index < -0.39 is 110 Å². The van der Waals surface area contributed by atoms with E-state index in [1.54, 1.807) is 0 Å². The van der Waals surface area contributed by atoms with E-state index in [9.17, 15) is 63.0 Å². The SMILES string of the molecule is O=C(O)CC(O)(CC(=O)OC(CC(=O)OC(=O)O)(CC(=O)OC(=O)O)C(=O)O)C(=O)O.O=C(O)O.O=C(O)OC(=O)OC(=O)O.[KH].[KH].[KH].[NaH].[NaH].[NaH]. The Bertz CT molecular complexity index is 1190. The summed E-state index contributed by atoms with van der Waals surface area (Å²) in [4.78, 5) is 127. The Balaban J connectivity index is -0.000000107. The Hall–Kier alpha value is 1.11. The van der Waals surface area contributed by atoms with Crippen LogP contribution < -0.4 is 0 Å². The molecule has 0 aliphatic carbocycles. The molecule has 1 unspecified atom stereocenters. The van der Waals surface area contributed by atoms with Gasteiger partial charge in [0.15, 0.2) is 5.60 Å². The van der Waals surface area contributed by atoms with Gasteiger partial charge in [-0.3, -0.25) is 19.2 Å². The van der Waals surface area contributed by atoms with Gasteiger partial charge in [0.25, 0.3) is 0 Å². The van der Waals surface area contributed by atoms with E-state index >= 15 is 0 Å². The number of hydrogen-bond acceptors (Lipinski definition) is 18. The summed E-state index contributed by atoms with van der Waals surface area (Å²) in [6.45, 7) is 0. The van der Waals surface area contributed by atoms with Gasteiger partial charge in [-0.2, -0.15) is 0 Å². The number of hydrogen-bond donors (Lipinski definition) is 10. The summed E-state index contributed by atoms with van der Waals surface area (Å²) in [5.41, 5.74) is -6.69. The minimum atomic E-state index is -3.38. The first-order chi connectivity index (χ1) is 20.3. The Kier molecular flexibility index (Phi) is 54.6. The van der Waals surface area contributed by atoms with Crippen molar-refractivity contribution in [3.05, 3.63) is 0 Å². The van der Waals surface area contributed by atoms with E-state index in [-0.39, 0.29) is 243 Å². The zero-order valence-corrected chi connectivity index (χ0v) is 21.2. The van der Waals surface area contributed by atoms with Gasteiger partial charge in [0, 0.05) is 0 Å². The van der Waals surface area contributed by atoms with Gasteiger partial charge in [-0.05, 0) is 0 Å². The third-order valence-electron chi connectivity index (χ3n) is 3.58. The van der Waals surface area contributed by atoms with Crippen LogP contribution in [0.25, 0.3) is 0 Å². The van der Waals surface area contributed by atoms with Crippen LogP contribution in [0.5, 0.6) is 0 Å². The zero-order chi connectivity index (χ0) is 36.3. The van der Waals surface area contributed by atoms with Gasteiger partial charge in [-0.1, -0.05) is 0 Å². The number of esters is 3. The van der Waals surface area contributed by atoms with Crippen LogP contribution in [0.15, 0.2) is 0 Å². The van der Waals surface area contributed by atoms with Gasteiger partial charge in [0.1, 0.15) is 0 Å². The third kappa shape index (κ3) is 42.1. The van der Waals surface area contributed by atoms with E-state index in [1.165, 1.54) is 0 Å². The molecule has 0 spiro atoms. The average molecular weight is 859 g/mol. The Morgan fingerprint density at radius 2 is 0.725 bits per heavy atom. The number of carboxylic acid groups (broad SMARTS) is 9. The molecule has 0 amide bonds. The van der Waals surface area contributed by atoms with Crippen LogP contribution in [-0.2, 0) is 52.5 Å². The number of carbonyl (C=O) groups excluding carboxylic acids is 4. The number of aliphatic carboxylic acids is 3. The Labute approximate surface area is 474 Å². The molecule has 0 fully saturated rings. The molecular formula is C18H24K3Na3O27. The molecule has 0 saturated carbocycles. The molecule has 27 nitrogen and oxygen atoms in total. The van der Waals surface area contributed by atoms with Crippen molar-refractivity contribution < 1.29 is 132 Å². The van der Waals surface area contributed by atoms with Crippen LogP contribution in [0.1, 0.15) is 25.7 Å². The van der Waals surface area contributed by atoms with E-state index in [0.717, 1.165) is 0 Å². The summed E-state index contributed by atoms with van der Waals surface area (Å²) in [6, 6.07) is 0. The zero-order valence-electron chi connectivity index (χ0n) is 21.2. The van der Waals surface area contributed by atoms with Gasteiger partial charge >= 0.3 is 316 Å². The standard InChI is InChI=1S/C14H14O17.C3H2O7.CH2O3.3K.3Na.6H/c15-5(16)1-13(28,9(20)21)2-8(19)31-14(10(22)23,3-6(17)29-11(24)25)4-7(18)30-12(26)27;4-1(5)9-3(8)10-2(6)7;2-1(3)4;;;;;;;;;;;;/h28H,1-4H2,(H,15,16)(H,20,21)(H,22,23)(H,24,25)(H,26,27);(H,4,5)(H,6,7);(H2,2,3,4);;;;;;;;;;;;. The summed E-state index contributed by atoms with van der Waals surface area (Å²) < 4.78 is 18.1. The fourth-order valence-electron chi connectivity index (χ4n) is 2.18. The molecule has 0 heterocycles. The molecule has 10 N–H and O–H groups in total. The van der Waals surface area contributed by atoms with Gasteiger partial charge in [0.2, 0.25) is 5.60 Å². The number of carboxylic acids is 3. The molecule has 0 saturated heterocycles. The fourth-order valence-corrected chi connectivity index (χ4v) is 2.18. The van der Waals surface area contributed by atoms with Crippen molar-refractivity contribution in [1.82, 2.24) is 0 Å². The van der Waals surface area contributed by atoms with Gasteiger partial charge in [-0.15, -0.1) is 0 Å². The van der Waals surface area contributed by atoms with Crippen LogP contribution in [0, 0.1) is 0 Å². The summed E-state index contributed by atoms with van der Waals surface area (Å²) in [7, 11) is 0. The van der Waals surface area contributed by atoms with E-state index in [4.69, 9.17) is 45.6 Å². The van der Waals surface area contributed by atoms with Crippen molar-refractivity contribution in [1.29, 1.82) is 0 Å². The Morgan fingerprint density at radius 3 is 0.941 bits per heavy atom. The van der Waals surface area contributed by atoms with E-state index in [1.807, 2.05) is 0 Å². The molecule has 0 aliphatic rings. The maximum absolute atomic E-state index is 12.0. The van der Waals surface area contributed by atoms with Crippen LogP contribution in [0.3, 0.4) is 0 Å². The second kappa shape index (κ2) is 38.0.